The van der Waals surface area contributed by atoms with Gasteiger partial charge in [0.05, 0.1) is 15.5 Å². The molecule has 0 saturated carbocycles. The number of rotatable bonds is 14. The van der Waals surface area contributed by atoms with Gasteiger partial charge in [0, 0.05) is 36.1 Å². The van der Waals surface area contributed by atoms with Crippen molar-refractivity contribution in [3.8, 4) is 0 Å². The van der Waals surface area contributed by atoms with Gasteiger partial charge >= 0.3 is 0 Å². The van der Waals surface area contributed by atoms with Crippen molar-refractivity contribution >= 4 is 49.1 Å². The molecule has 4 aromatic carbocycles. The van der Waals surface area contributed by atoms with Gasteiger partial charge in [-0.15, -0.1) is 0 Å². The highest BCUT2D eigenvalue weighted by molar-refractivity contribution is 9.10. The molecule has 0 radical (unpaired) electrons. The molecule has 1 atom stereocenters. The molecule has 45 heavy (non-hydrogen) atoms. The highest BCUT2D eigenvalue weighted by Gasteiger charge is 2.34. The Bertz CT molecular complexity index is 1700. The number of non-ortho nitro benzene ring substituents is 1. The summed E-state index contributed by atoms with van der Waals surface area (Å²) in [6.07, 6.45) is 0.884. The first kappa shape index (κ1) is 33.3. The Morgan fingerprint density at radius 1 is 0.867 bits per heavy atom. The Kier molecular flexibility index (Phi) is 11.4. The van der Waals surface area contributed by atoms with Crippen molar-refractivity contribution in [1.29, 1.82) is 0 Å². The van der Waals surface area contributed by atoms with E-state index in [1.54, 1.807) is 18.2 Å². The molecule has 0 saturated heterocycles. The molecule has 0 fully saturated rings. The number of sulfonamides is 1. The molecule has 10 nitrogen and oxygen atoms in total. The Labute approximate surface area is 271 Å². The van der Waals surface area contributed by atoms with E-state index in [4.69, 9.17) is 0 Å². The van der Waals surface area contributed by atoms with Crippen molar-refractivity contribution < 1.29 is 22.9 Å². The molecule has 234 valence electrons. The third kappa shape index (κ3) is 8.77. The van der Waals surface area contributed by atoms with Crippen LogP contribution in [0.15, 0.2) is 119 Å². The Morgan fingerprint density at radius 2 is 1.47 bits per heavy atom. The number of halogens is 1. The summed E-state index contributed by atoms with van der Waals surface area (Å²) in [6.45, 7) is 1.70. The molecule has 0 heterocycles. The molecule has 0 aliphatic carbocycles. The fourth-order valence-electron chi connectivity index (χ4n) is 4.70. The van der Waals surface area contributed by atoms with Crippen LogP contribution in [-0.4, -0.2) is 49.2 Å². The molecule has 0 aromatic heterocycles. The van der Waals surface area contributed by atoms with Crippen LogP contribution in [0.2, 0.25) is 0 Å². The number of amides is 2. The smallest absolute Gasteiger partial charge is 0.269 e. The van der Waals surface area contributed by atoms with Crippen LogP contribution >= 0.6 is 15.9 Å². The van der Waals surface area contributed by atoms with Gasteiger partial charge in [-0.2, -0.15) is 0 Å². The maximum atomic E-state index is 14.4. The van der Waals surface area contributed by atoms with Crippen LogP contribution < -0.4 is 9.62 Å². The first-order valence-corrected chi connectivity index (χ1v) is 16.5. The summed E-state index contributed by atoms with van der Waals surface area (Å²) in [4.78, 5) is 40.1. The van der Waals surface area contributed by atoms with E-state index in [0.29, 0.717) is 13.0 Å². The molecule has 0 spiro atoms. The van der Waals surface area contributed by atoms with Gasteiger partial charge in [0.2, 0.25) is 11.8 Å². The number of anilines is 1. The zero-order valence-corrected chi connectivity index (χ0v) is 27.0. The number of benzene rings is 4. The summed E-state index contributed by atoms with van der Waals surface area (Å²) < 4.78 is 29.7. The van der Waals surface area contributed by atoms with Gasteiger partial charge in [0.15, 0.2) is 0 Å². The maximum absolute atomic E-state index is 14.4. The number of nitrogens with one attached hydrogen (secondary N) is 1. The standard InChI is InChI=1S/C33H33BrN4O6S/c1-2-21-35-33(40)31(22-25-9-5-3-6-10-25)36(23-26-13-15-27(34)16-14-26)32(39)24-37(28-17-19-29(20-18-28)38(41)42)45(43,44)30-11-7-4-8-12-30/h3-20,31H,2,21-24H2,1H3,(H,35,40)/t31-/m0/s1. The van der Waals surface area contributed by atoms with Crippen LogP contribution in [-0.2, 0) is 32.6 Å². The van der Waals surface area contributed by atoms with Crippen molar-refractivity contribution in [3.05, 3.63) is 135 Å². The molecule has 0 aliphatic heterocycles. The molecular formula is C33H33BrN4O6S. The minimum absolute atomic E-state index is 0.0304. The normalized spacial score (nSPS) is 11.8. The Balaban J connectivity index is 1.79. The molecule has 0 bridgehead atoms. The fraction of sp³-hybridized carbons (Fsp3) is 0.212. The summed E-state index contributed by atoms with van der Waals surface area (Å²) in [7, 11) is -4.30. The zero-order valence-electron chi connectivity index (χ0n) is 24.6. The number of carbonyl (C=O) groups excluding carboxylic acids is 2. The van der Waals surface area contributed by atoms with Gasteiger partial charge in [0.1, 0.15) is 12.6 Å². The third-order valence-electron chi connectivity index (χ3n) is 7.05. The second kappa shape index (κ2) is 15.4. The summed E-state index contributed by atoms with van der Waals surface area (Å²) in [5.41, 5.74) is 1.40. The molecule has 4 rings (SSSR count). The largest absolute Gasteiger partial charge is 0.354 e. The van der Waals surface area contributed by atoms with E-state index in [9.17, 15) is 28.1 Å². The predicted molar refractivity (Wildman–Crippen MR) is 176 cm³/mol. The maximum Gasteiger partial charge on any atom is 0.269 e. The van der Waals surface area contributed by atoms with Crippen LogP contribution in [0, 0.1) is 10.1 Å². The van der Waals surface area contributed by atoms with Crippen molar-refractivity contribution in [1.82, 2.24) is 10.2 Å². The zero-order chi connectivity index (χ0) is 32.4. The summed E-state index contributed by atoms with van der Waals surface area (Å²) in [6, 6.07) is 28.2. The highest BCUT2D eigenvalue weighted by atomic mass is 79.9. The number of nitro groups is 1. The lowest BCUT2D eigenvalue weighted by Crippen LogP contribution is -2.53. The van der Waals surface area contributed by atoms with Crippen LogP contribution in [0.1, 0.15) is 24.5 Å². The molecule has 2 amide bonds. The van der Waals surface area contributed by atoms with Crippen molar-refractivity contribution in [2.45, 2.75) is 37.2 Å². The fourth-order valence-corrected chi connectivity index (χ4v) is 6.40. The van der Waals surface area contributed by atoms with Gasteiger partial charge in [-0.3, -0.25) is 24.0 Å². The van der Waals surface area contributed by atoms with E-state index in [-0.39, 0.29) is 35.1 Å². The lowest BCUT2D eigenvalue weighted by molar-refractivity contribution is -0.384. The van der Waals surface area contributed by atoms with Crippen LogP contribution in [0.4, 0.5) is 11.4 Å². The van der Waals surface area contributed by atoms with Crippen LogP contribution in [0.5, 0.6) is 0 Å². The first-order chi connectivity index (χ1) is 21.6. The van der Waals surface area contributed by atoms with Gasteiger partial charge in [-0.05, 0) is 53.9 Å². The second-order valence-corrected chi connectivity index (χ2v) is 13.0. The molecule has 0 unspecified atom stereocenters. The minimum atomic E-state index is -4.30. The van der Waals surface area contributed by atoms with Crippen LogP contribution in [0.25, 0.3) is 0 Å². The van der Waals surface area contributed by atoms with Gasteiger partial charge in [0.25, 0.3) is 15.7 Å². The number of nitrogens with zero attached hydrogens (tertiary/aromatic N) is 3. The molecule has 12 heteroatoms. The quantitative estimate of drug-likeness (QED) is 0.133. The van der Waals surface area contributed by atoms with Gasteiger partial charge in [-0.1, -0.05) is 83.5 Å². The summed E-state index contributed by atoms with van der Waals surface area (Å²) in [5.74, 6) is -0.984. The average Bonchev–Trinajstić information content (AvgIpc) is 3.05. The van der Waals surface area contributed by atoms with E-state index >= 15 is 0 Å². The lowest BCUT2D eigenvalue weighted by Gasteiger charge is -2.34. The monoisotopic (exact) mass is 692 g/mol. The van der Waals surface area contributed by atoms with E-state index in [0.717, 1.165) is 19.9 Å². The van der Waals surface area contributed by atoms with Crippen molar-refractivity contribution in [3.63, 3.8) is 0 Å². The topological polar surface area (TPSA) is 130 Å². The van der Waals surface area contributed by atoms with Crippen LogP contribution in [0.3, 0.4) is 0 Å². The molecular weight excluding hydrogens is 660 g/mol. The molecule has 1 N–H and O–H groups in total. The number of nitro benzene ring substituents is 1. The van der Waals surface area contributed by atoms with E-state index < -0.39 is 33.4 Å². The van der Waals surface area contributed by atoms with Crippen molar-refractivity contribution in [2.75, 3.05) is 17.4 Å². The molecule has 0 aliphatic rings. The van der Waals surface area contributed by atoms with E-state index in [1.807, 2.05) is 61.5 Å². The third-order valence-corrected chi connectivity index (χ3v) is 9.36. The van der Waals surface area contributed by atoms with E-state index in [2.05, 4.69) is 21.2 Å². The van der Waals surface area contributed by atoms with E-state index in [1.165, 1.54) is 41.3 Å². The lowest BCUT2D eigenvalue weighted by atomic mass is 10.0. The molecule has 4 aromatic rings. The second-order valence-electron chi connectivity index (χ2n) is 10.2. The number of carbonyl (C=O) groups is 2. The first-order valence-electron chi connectivity index (χ1n) is 14.3. The highest BCUT2D eigenvalue weighted by Crippen LogP contribution is 2.27. The summed E-state index contributed by atoms with van der Waals surface area (Å²) in [5, 5.41) is 14.2. The van der Waals surface area contributed by atoms with Crippen molar-refractivity contribution in [2.24, 2.45) is 0 Å². The van der Waals surface area contributed by atoms with Gasteiger partial charge < -0.3 is 10.2 Å². The Morgan fingerprint density at radius 3 is 2.04 bits per heavy atom. The van der Waals surface area contributed by atoms with Gasteiger partial charge in [-0.25, -0.2) is 8.42 Å². The summed E-state index contributed by atoms with van der Waals surface area (Å²) >= 11 is 3.42. The number of hydrogen-bond donors (Lipinski definition) is 1. The predicted octanol–water partition coefficient (Wildman–Crippen LogP) is 5.72. The SMILES string of the molecule is CCCNC(=O)[C@H](Cc1ccccc1)N(Cc1ccc(Br)cc1)C(=O)CN(c1ccc([N+](=O)[O-])cc1)S(=O)(=O)c1ccccc1. The number of hydrogen-bond acceptors (Lipinski definition) is 6. The Hall–Kier alpha value is -4.55. The average molecular weight is 694 g/mol. The minimum Gasteiger partial charge on any atom is -0.354 e.